The lowest BCUT2D eigenvalue weighted by atomic mass is 10.1. The van der Waals surface area contributed by atoms with E-state index in [4.69, 9.17) is 0 Å². The van der Waals surface area contributed by atoms with E-state index in [0.29, 0.717) is 0 Å². The molecule has 0 heterocycles. The molecule has 1 aliphatic carbocycles. The van der Waals surface area contributed by atoms with Gasteiger partial charge >= 0.3 is 0 Å². The summed E-state index contributed by atoms with van der Waals surface area (Å²) in [4.78, 5) is 0. The third-order valence-corrected chi connectivity index (χ3v) is 2.66. The van der Waals surface area contributed by atoms with E-state index in [1.807, 2.05) is 0 Å². The topological polar surface area (TPSA) is 0 Å². The number of unbranched alkanes of at least 4 members (excludes halogenated alkanes) is 4. The zero-order valence-electron chi connectivity index (χ0n) is 8.84. The maximum Gasteiger partial charge on any atom is -0.00506 e. The molecule has 1 aliphatic rings. The highest BCUT2D eigenvalue weighted by atomic mass is 14.1. The van der Waals surface area contributed by atoms with Gasteiger partial charge < -0.3 is 0 Å². The Morgan fingerprint density at radius 3 is 2.92 bits per heavy atom. The van der Waals surface area contributed by atoms with Crippen LogP contribution in [0.15, 0.2) is 24.3 Å². The highest BCUT2D eigenvalue weighted by Crippen LogP contribution is 2.18. The summed E-state index contributed by atoms with van der Waals surface area (Å²) in [6, 6.07) is 0. The lowest BCUT2D eigenvalue weighted by Gasteiger charge is -1.98. The Morgan fingerprint density at radius 2 is 2.23 bits per heavy atom. The van der Waals surface area contributed by atoms with Gasteiger partial charge in [0.2, 0.25) is 0 Å². The van der Waals surface area contributed by atoms with Crippen molar-refractivity contribution >= 4 is 0 Å². The van der Waals surface area contributed by atoms with Gasteiger partial charge in [-0.2, -0.15) is 0 Å². The molecule has 0 heteroatoms. The first-order valence-corrected chi connectivity index (χ1v) is 5.77. The summed E-state index contributed by atoms with van der Waals surface area (Å²) in [5.41, 5.74) is 0. The summed E-state index contributed by atoms with van der Waals surface area (Å²) in [6.45, 7) is 2.26. The minimum atomic E-state index is 0.756. The van der Waals surface area contributed by atoms with Crippen LogP contribution in [0, 0.1) is 5.92 Å². The van der Waals surface area contributed by atoms with Gasteiger partial charge in [-0.15, -0.1) is 0 Å². The Kier molecular flexibility index (Phi) is 5.64. The van der Waals surface area contributed by atoms with E-state index in [1.54, 1.807) is 0 Å². The molecule has 0 radical (unpaired) electrons. The van der Waals surface area contributed by atoms with Crippen LogP contribution in [0.4, 0.5) is 0 Å². The third-order valence-electron chi connectivity index (χ3n) is 2.66. The molecule has 74 valence electrons. The molecule has 0 N–H and O–H groups in total. The molecule has 0 aromatic carbocycles. The summed E-state index contributed by atoms with van der Waals surface area (Å²) in [7, 11) is 0. The molecule has 0 spiro atoms. The predicted octanol–water partition coefficient (Wildman–Crippen LogP) is 4.48. The molecule has 0 aromatic rings. The van der Waals surface area contributed by atoms with E-state index in [2.05, 4.69) is 31.2 Å². The Hall–Kier alpha value is -0.520. The number of allylic oxidation sites excluding steroid dienone is 4. The van der Waals surface area contributed by atoms with Crippen LogP contribution >= 0.6 is 0 Å². The van der Waals surface area contributed by atoms with E-state index in [-0.39, 0.29) is 0 Å². The summed E-state index contributed by atoms with van der Waals surface area (Å²) in [6.07, 6.45) is 18.8. The van der Waals surface area contributed by atoms with Crippen molar-refractivity contribution in [1.82, 2.24) is 0 Å². The average molecular weight is 178 g/mol. The summed E-state index contributed by atoms with van der Waals surface area (Å²) in [5.74, 6) is 0.756. The summed E-state index contributed by atoms with van der Waals surface area (Å²) < 4.78 is 0. The fraction of sp³-hybridized carbons (Fsp3) is 0.692. The Labute approximate surface area is 82.7 Å². The Morgan fingerprint density at radius 1 is 1.31 bits per heavy atom. The van der Waals surface area contributed by atoms with E-state index in [9.17, 15) is 0 Å². The van der Waals surface area contributed by atoms with Gasteiger partial charge in [-0.05, 0) is 31.6 Å². The van der Waals surface area contributed by atoms with Gasteiger partial charge in [-0.3, -0.25) is 0 Å². The third kappa shape index (κ3) is 4.92. The number of rotatable bonds is 6. The van der Waals surface area contributed by atoms with Gasteiger partial charge in [0.15, 0.2) is 0 Å². The van der Waals surface area contributed by atoms with Crippen molar-refractivity contribution in [2.75, 3.05) is 0 Å². The second-order valence-corrected chi connectivity index (χ2v) is 3.95. The molecule has 1 rings (SSSR count). The van der Waals surface area contributed by atoms with Crippen LogP contribution in [0.2, 0.25) is 0 Å². The summed E-state index contributed by atoms with van der Waals surface area (Å²) >= 11 is 0. The molecule has 1 unspecified atom stereocenters. The monoisotopic (exact) mass is 178 g/mol. The normalized spacial score (nSPS) is 21.8. The van der Waals surface area contributed by atoms with E-state index in [1.165, 1.54) is 44.9 Å². The first-order valence-electron chi connectivity index (χ1n) is 5.77. The fourth-order valence-electron chi connectivity index (χ4n) is 1.78. The molecule has 0 amide bonds. The highest BCUT2D eigenvalue weighted by Gasteiger charge is 2.03. The van der Waals surface area contributed by atoms with Gasteiger partial charge in [-0.1, -0.05) is 50.5 Å². The lowest BCUT2D eigenvalue weighted by Crippen LogP contribution is -1.83. The van der Waals surface area contributed by atoms with E-state index < -0.39 is 0 Å². The van der Waals surface area contributed by atoms with Crippen molar-refractivity contribution < 1.29 is 0 Å². The van der Waals surface area contributed by atoms with Gasteiger partial charge in [0.05, 0.1) is 0 Å². The first kappa shape index (κ1) is 10.6. The summed E-state index contributed by atoms with van der Waals surface area (Å²) in [5, 5.41) is 0. The van der Waals surface area contributed by atoms with Crippen molar-refractivity contribution in [2.45, 2.75) is 51.9 Å². The van der Waals surface area contributed by atoms with Crippen LogP contribution in [-0.2, 0) is 0 Å². The van der Waals surface area contributed by atoms with Gasteiger partial charge in [0.25, 0.3) is 0 Å². The van der Waals surface area contributed by atoms with Crippen molar-refractivity contribution in [3.05, 3.63) is 24.3 Å². The van der Waals surface area contributed by atoms with Crippen molar-refractivity contribution in [3.8, 4) is 0 Å². The van der Waals surface area contributed by atoms with Gasteiger partial charge in [-0.25, -0.2) is 0 Å². The van der Waals surface area contributed by atoms with Crippen molar-refractivity contribution in [3.63, 3.8) is 0 Å². The zero-order valence-corrected chi connectivity index (χ0v) is 8.84. The second kappa shape index (κ2) is 6.94. The number of hydrogen-bond donors (Lipinski definition) is 0. The number of hydrogen-bond acceptors (Lipinski definition) is 0. The van der Waals surface area contributed by atoms with E-state index in [0.717, 1.165) is 5.92 Å². The lowest BCUT2D eigenvalue weighted by molar-refractivity contribution is 0.671. The molecular formula is C13H22. The molecule has 0 saturated carbocycles. The standard InChI is InChI=1S/C13H22/c1-2-3-4-5-6-7-10-13-11-8-9-12-13/h7-8,10-11,13H,2-6,9,12H2,1H3/b10-7+. The molecule has 0 aromatic heterocycles. The van der Waals surface area contributed by atoms with Gasteiger partial charge in [0.1, 0.15) is 0 Å². The van der Waals surface area contributed by atoms with Crippen LogP contribution in [-0.4, -0.2) is 0 Å². The second-order valence-electron chi connectivity index (χ2n) is 3.95. The van der Waals surface area contributed by atoms with Crippen molar-refractivity contribution in [1.29, 1.82) is 0 Å². The van der Waals surface area contributed by atoms with Crippen LogP contribution in [0.25, 0.3) is 0 Å². The molecule has 0 fully saturated rings. The Bertz CT molecular complexity index is 165. The maximum absolute atomic E-state index is 2.38. The zero-order chi connectivity index (χ0) is 9.36. The molecule has 1 atom stereocenters. The molecular weight excluding hydrogens is 156 g/mol. The van der Waals surface area contributed by atoms with Crippen LogP contribution in [0.1, 0.15) is 51.9 Å². The molecule has 13 heavy (non-hydrogen) atoms. The quantitative estimate of drug-likeness (QED) is 0.415. The average Bonchev–Trinajstić information content (AvgIpc) is 2.63. The highest BCUT2D eigenvalue weighted by molar-refractivity contribution is 5.05. The predicted molar refractivity (Wildman–Crippen MR) is 59.8 cm³/mol. The van der Waals surface area contributed by atoms with Crippen LogP contribution < -0.4 is 0 Å². The van der Waals surface area contributed by atoms with E-state index >= 15 is 0 Å². The SMILES string of the molecule is CCCCCC/C=C/C1C=CCC1. The maximum atomic E-state index is 2.38. The molecule has 0 aliphatic heterocycles. The smallest absolute Gasteiger partial charge is 0.00506 e. The van der Waals surface area contributed by atoms with Gasteiger partial charge in [0, 0.05) is 0 Å². The van der Waals surface area contributed by atoms with Crippen molar-refractivity contribution in [2.24, 2.45) is 5.92 Å². The van der Waals surface area contributed by atoms with Crippen LogP contribution in [0.3, 0.4) is 0 Å². The molecule has 0 nitrogen and oxygen atoms in total. The molecule has 0 saturated heterocycles. The van der Waals surface area contributed by atoms with Crippen LogP contribution in [0.5, 0.6) is 0 Å². The minimum Gasteiger partial charge on any atom is -0.0879 e. The first-order chi connectivity index (χ1) is 6.43. The Balaban J connectivity index is 1.95. The fourth-order valence-corrected chi connectivity index (χ4v) is 1.78. The molecule has 0 bridgehead atoms. The minimum absolute atomic E-state index is 0.756. The largest absolute Gasteiger partial charge is 0.0879 e.